The number of halogens is 3. The van der Waals surface area contributed by atoms with Gasteiger partial charge in [0.05, 0.1) is 4.90 Å². The van der Waals surface area contributed by atoms with Gasteiger partial charge < -0.3 is 10.2 Å². The van der Waals surface area contributed by atoms with Gasteiger partial charge in [-0.1, -0.05) is 25.1 Å². The molecule has 11 heteroatoms. The topological polar surface area (TPSA) is 129 Å². The van der Waals surface area contributed by atoms with Gasteiger partial charge in [-0.15, -0.1) is 0 Å². The Kier molecular flexibility index (Phi) is 9.80. The first-order valence-corrected chi connectivity index (χ1v) is 6.80. The lowest BCUT2D eigenvalue weighted by Crippen LogP contribution is -2.21. The molecule has 0 bridgehead atoms. The Morgan fingerprint density at radius 2 is 1.41 bits per heavy atom. The van der Waals surface area contributed by atoms with Crippen molar-refractivity contribution in [3.63, 3.8) is 0 Å². The third-order valence-corrected chi connectivity index (χ3v) is 2.45. The highest BCUT2D eigenvalue weighted by Crippen LogP contribution is 2.13. The Morgan fingerprint density at radius 1 is 1.09 bits per heavy atom. The van der Waals surface area contributed by atoms with E-state index in [1.54, 1.807) is 25.1 Å². The number of carboxylic acid groups (broad SMARTS) is 2. The van der Waals surface area contributed by atoms with Gasteiger partial charge in [-0.3, -0.25) is 9.35 Å². The van der Waals surface area contributed by atoms with E-state index < -0.39 is 28.2 Å². The lowest BCUT2D eigenvalue weighted by Gasteiger charge is -1.93. The van der Waals surface area contributed by atoms with Crippen LogP contribution in [0.2, 0.25) is 0 Å². The molecule has 0 atom stereocenters. The van der Waals surface area contributed by atoms with Crippen molar-refractivity contribution in [3.8, 4) is 0 Å². The van der Waals surface area contributed by atoms with E-state index in [9.17, 15) is 26.4 Å². The van der Waals surface area contributed by atoms with Crippen molar-refractivity contribution in [2.24, 2.45) is 0 Å². The largest absolute Gasteiger partial charge is 0.490 e. The van der Waals surface area contributed by atoms with Gasteiger partial charge in [0.15, 0.2) is 0 Å². The summed E-state index contributed by atoms with van der Waals surface area (Å²) in [6.45, 7) is 1.60. The third kappa shape index (κ3) is 12.9. The maximum absolute atomic E-state index is 10.6. The molecule has 0 radical (unpaired) electrons. The second-order valence-electron chi connectivity index (χ2n) is 3.34. The van der Waals surface area contributed by atoms with Gasteiger partial charge in [0.25, 0.3) is 10.1 Å². The number of carboxylic acids is 2. The Bertz CT molecular complexity index is 567. The van der Waals surface area contributed by atoms with Gasteiger partial charge in [0.2, 0.25) is 0 Å². The summed E-state index contributed by atoms with van der Waals surface area (Å²) in [5.74, 6) is -3.50. The van der Waals surface area contributed by atoms with Crippen LogP contribution in [0.25, 0.3) is 0 Å². The molecule has 0 fully saturated rings. The number of hydrogen-bond donors (Lipinski definition) is 3. The zero-order valence-corrected chi connectivity index (χ0v) is 11.9. The number of hydrogen-bond acceptors (Lipinski definition) is 4. The molecular formula is C11H13F3O7S. The maximum Gasteiger partial charge on any atom is 0.490 e. The number of benzene rings is 1. The van der Waals surface area contributed by atoms with E-state index >= 15 is 0 Å². The summed E-state index contributed by atoms with van der Waals surface area (Å²) in [7, 11) is -4.00. The number of aliphatic carboxylic acids is 2. The predicted octanol–water partition coefficient (Wildman–Crippen LogP) is 2.05. The Balaban J connectivity index is 0. The lowest BCUT2D eigenvalue weighted by molar-refractivity contribution is -0.192. The summed E-state index contributed by atoms with van der Waals surface area (Å²) < 4.78 is 61.0. The van der Waals surface area contributed by atoms with Crippen LogP contribution < -0.4 is 0 Å². The highest BCUT2D eigenvalue weighted by Gasteiger charge is 2.38. The minimum atomic E-state index is -5.08. The molecule has 0 aliphatic heterocycles. The Morgan fingerprint density at radius 3 is 1.55 bits per heavy atom. The first-order chi connectivity index (χ1) is 9.82. The predicted molar refractivity (Wildman–Crippen MR) is 67.9 cm³/mol. The van der Waals surface area contributed by atoms with Crippen molar-refractivity contribution in [1.82, 2.24) is 0 Å². The van der Waals surface area contributed by atoms with E-state index in [0.717, 1.165) is 0 Å². The highest BCUT2D eigenvalue weighted by atomic mass is 32.2. The average Bonchev–Trinajstić information content (AvgIpc) is 2.39. The summed E-state index contributed by atoms with van der Waals surface area (Å²) in [5.41, 5.74) is 0. The minimum absolute atomic E-state index is 0.0741. The Labute approximate surface area is 123 Å². The molecular weight excluding hydrogens is 333 g/mol. The molecule has 22 heavy (non-hydrogen) atoms. The first kappa shape index (κ1) is 22.1. The fourth-order valence-electron chi connectivity index (χ4n) is 0.592. The van der Waals surface area contributed by atoms with Crippen molar-refractivity contribution in [2.45, 2.75) is 24.4 Å². The third-order valence-electron chi connectivity index (χ3n) is 1.59. The van der Waals surface area contributed by atoms with Gasteiger partial charge in [0.1, 0.15) is 0 Å². The van der Waals surface area contributed by atoms with Crippen LogP contribution in [0.5, 0.6) is 0 Å². The van der Waals surface area contributed by atoms with Crippen molar-refractivity contribution >= 4 is 22.1 Å². The van der Waals surface area contributed by atoms with Crippen molar-refractivity contribution in [1.29, 1.82) is 0 Å². The maximum atomic E-state index is 10.6. The van der Waals surface area contributed by atoms with Crippen molar-refractivity contribution in [3.05, 3.63) is 30.3 Å². The monoisotopic (exact) mass is 346 g/mol. The van der Waals surface area contributed by atoms with Crippen LogP contribution in [-0.2, 0) is 19.7 Å². The van der Waals surface area contributed by atoms with Gasteiger partial charge >= 0.3 is 18.1 Å². The summed E-state index contributed by atoms with van der Waals surface area (Å²) in [6, 6.07) is 7.42. The molecule has 0 saturated carbocycles. The smallest absolute Gasteiger partial charge is 0.481 e. The fraction of sp³-hybridized carbons (Fsp3) is 0.273. The molecule has 1 aromatic carbocycles. The van der Waals surface area contributed by atoms with Crippen LogP contribution in [0.4, 0.5) is 13.2 Å². The second-order valence-corrected chi connectivity index (χ2v) is 4.76. The van der Waals surface area contributed by atoms with Gasteiger partial charge in [0, 0.05) is 6.42 Å². The van der Waals surface area contributed by atoms with E-state index in [4.69, 9.17) is 19.6 Å². The van der Waals surface area contributed by atoms with Crippen molar-refractivity contribution < 1.29 is 45.9 Å². The summed E-state index contributed by atoms with van der Waals surface area (Å²) in [5, 5.41) is 14.8. The van der Waals surface area contributed by atoms with Gasteiger partial charge in [-0.2, -0.15) is 21.6 Å². The number of carbonyl (C=O) groups is 2. The normalized spacial score (nSPS) is 10.4. The van der Waals surface area contributed by atoms with Gasteiger partial charge in [-0.05, 0) is 12.1 Å². The van der Waals surface area contributed by atoms with E-state index in [1.807, 2.05) is 0 Å². The lowest BCUT2D eigenvalue weighted by atomic mass is 10.4. The second kappa shape index (κ2) is 9.73. The molecule has 0 heterocycles. The fourth-order valence-corrected chi connectivity index (χ4v) is 1.09. The molecule has 0 aromatic heterocycles. The van der Waals surface area contributed by atoms with Crippen LogP contribution in [0, 0.1) is 0 Å². The minimum Gasteiger partial charge on any atom is -0.481 e. The van der Waals surface area contributed by atoms with E-state index in [-0.39, 0.29) is 11.3 Å². The highest BCUT2D eigenvalue weighted by molar-refractivity contribution is 7.85. The molecule has 0 aliphatic carbocycles. The zero-order chi connectivity index (χ0) is 18.0. The molecule has 0 amide bonds. The Hall–Kier alpha value is -2.14. The molecule has 126 valence electrons. The van der Waals surface area contributed by atoms with Crippen molar-refractivity contribution in [2.75, 3.05) is 0 Å². The molecule has 0 unspecified atom stereocenters. The van der Waals surface area contributed by atoms with Crippen LogP contribution in [0.1, 0.15) is 13.3 Å². The number of alkyl halides is 3. The van der Waals surface area contributed by atoms with E-state index in [1.165, 1.54) is 12.1 Å². The standard InChI is InChI=1S/C6H6O3S.C3H6O2.C2HF3O2/c7-10(8,9)6-4-2-1-3-5-6;1-2-3(4)5;3-2(4,5)1(6)7/h1-5H,(H,7,8,9);2H2,1H3,(H,4,5);(H,6,7). The van der Waals surface area contributed by atoms with E-state index in [2.05, 4.69) is 0 Å². The van der Waals surface area contributed by atoms with Crippen LogP contribution >= 0.6 is 0 Å². The van der Waals surface area contributed by atoms with E-state index in [0.29, 0.717) is 0 Å². The molecule has 7 nitrogen and oxygen atoms in total. The summed E-state index contributed by atoms with van der Waals surface area (Å²) in [6.07, 6.45) is -4.86. The van der Waals surface area contributed by atoms with Crippen LogP contribution in [-0.4, -0.2) is 41.3 Å². The molecule has 3 N–H and O–H groups in total. The van der Waals surface area contributed by atoms with Crippen LogP contribution in [0.3, 0.4) is 0 Å². The molecule has 0 aliphatic rings. The molecule has 1 aromatic rings. The quantitative estimate of drug-likeness (QED) is 0.699. The molecule has 0 saturated heterocycles. The summed E-state index contributed by atoms with van der Waals surface area (Å²) in [4.78, 5) is 18.2. The molecule has 1 rings (SSSR count). The first-order valence-electron chi connectivity index (χ1n) is 5.36. The zero-order valence-electron chi connectivity index (χ0n) is 11.1. The van der Waals surface area contributed by atoms with Gasteiger partial charge in [-0.25, -0.2) is 4.79 Å². The number of rotatable bonds is 2. The average molecular weight is 346 g/mol. The molecule has 0 spiro atoms. The van der Waals surface area contributed by atoms with Crippen LogP contribution in [0.15, 0.2) is 35.2 Å². The summed E-state index contributed by atoms with van der Waals surface area (Å²) >= 11 is 0. The SMILES string of the molecule is CCC(=O)O.O=C(O)C(F)(F)F.O=S(=O)(O)c1ccccc1.